The number of halogens is 1. The summed E-state index contributed by atoms with van der Waals surface area (Å²) in [6.07, 6.45) is 3.65. The van der Waals surface area contributed by atoms with E-state index in [2.05, 4.69) is 15.5 Å². The molecule has 0 spiro atoms. The molecule has 9 heteroatoms. The highest BCUT2D eigenvalue weighted by molar-refractivity contribution is 7.90. The predicted molar refractivity (Wildman–Crippen MR) is 83.7 cm³/mol. The maximum Gasteiger partial charge on any atom is 0.335 e. The largest absolute Gasteiger partial charge is 0.413 e. The normalized spacial score (nSPS) is 11.4. The Morgan fingerprint density at radius 2 is 1.96 bits per heavy atom. The van der Waals surface area contributed by atoms with Gasteiger partial charge in [0.15, 0.2) is 0 Å². The van der Waals surface area contributed by atoms with Crippen molar-refractivity contribution in [1.82, 2.24) is 15.5 Å². The van der Waals surface area contributed by atoms with Gasteiger partial charge in [0.2, 0.25) is 15.7 Å². The zero-order valence-electron chi connectivity index (χ0n) is 13.2. The molecule has 0 fully saturated rings. The number of nitrogens with zero attached hydrogens (tertiary/aromatic N) is 2. The maximum absolute atomic E-state index is 13.4. The number of benzene rings is 1. The molecule has 1 amide bonds. The van der Waals surface area contributed by atoms with E-state index < -0.39 is 21.6 Å². The molecule has 1 aromatic heterocycles. The molecule has 0 saturated carbocycles. The maximum atomic E-state index is 13.4. The first-order valence-electron chi connectivity index (χ1n) is 7.43. The Morgan fingerprint density at radius 1 is 1.21 bits per heavy atom. The fraction of sp³-hybridized carbons (Fsp3) is 0.400. The lowest BCUT2D eigenvalue weighted by Crippen LogP contribution is -2.25. The number of hydrogen-bond donors (Lipinski definition) is 1. The number of rotatable bonds is 8. The lowest BCUT2D eigenvalue weighted by Gasteiger charge is -2.05. The fourth-order valence-electron chi connectivity index (χ4n) is 2.01. The molecule has 0 aliphatic heterocycles. The summed E-state index contributed by atoms with van der Waals surface area (Å²) in [7, 11) is -3.48. The second-order valence-corrected chi connectivity index (χ2v) is 7.17. The van der Waals surface area contributed by atoms with E-state index in [0.717, 1.165) is 12.7 Å². The van der Waals surface area contributed by atoms with Crippen LogP contribution >= 0.6 is 0 Å². The molecule has 7 nitrogen and oxygen atoms in total. The fourth-order valence-corrected chi connectivity index (χ4v) is 2.45. The van der Waals surface area contributed by atoms with Gasteiger partial charge in [-0.1, -0.05) is 23.7 Å². The van der Waals surface area contributed by atoms with Crippen molar-refractivity contribution in [2.45, 2.75) is 30.9 Å². The molecular weight excluding hydrogens is 337 g/mol. The molecule has 0 bridgehead atoms. The Morgan fingerprint density at radius 3 is 2.62 bits per heavy atom. The van der Waals surface area contributed by atoms with Gasteiger partial charge in [-0.2, -0.15) is 0 Å². The van der Waals surface area contributed by atoms with Gasteiger partial charge in [-0.05, 0) is 25.0 Å². The molecule has 1 heterocycles. The minimum absolute atomic E-state index is 0.0247. The van der Waals surface area contributed by atoms with E-state index in [4.69, 9.17) is 4.42 Å². The van der Waals surface area contributed by atoms with E-state index in [0.29, 0.717) is 25.8 Å². The van der Waals surface area contributed by atoms with Crippen molar-refractivity contribution in [2.75, 3.05) is 12.8 Å². The number of nitrogens with one attached hydrogen (secondary N) is 1. The van der Waals surface area contributed by atoms with Gasteiger partial charge in [-0.15, -0.1) is 5.10 Å². The highest BCUT2D eigenvalue weighted by atomic mass is 32.2. The average Bonchev–Trinajstić information content (AvgIpc) is 3.00. The minimum atomic E-state index is -3.48. The van der Waals surface area contributed by atoms with Crippen LogP contribution in [0.15, 0.2) is 33.9 Å². The van der Waals surface area contributed by atoms with E-state index >= 15 is 0 Å². The van der Waals surface area contributed by atoms with Gasteiger partial charge >= 0.3 is 5.22 Å². The molecule has 0 atom stereocenters. The van der Waals surface area contributed by atoms with Crippen molar-refractivity contribution in [3.05, 3.63) is 41.5 Å². The highest BCUT2D eigenvalue weighted by Crippen LogP contribution is 2.10. The monoisotopic (exact) mass is 355 g/mol. The molecule has 0 unspecified atom stereocenters. The van der Waals surface area contributed by atoms with Gasteiger partial charge in [0.25, 0.3) is 5.91 Å². The first-order valence-corrected chi connectivity index (χ1v) is 9.32. The Kier molecular flexibility index (Phi) is 6.02. The molecule has 0 aliphatic carbocycles. The summed E-state index contributed by atoms with van der Waals surface area (Å²) in [5, 5.41) is 9.41. The number of aromatic nitrogens is 2. The molecule has 0 aliphatic rings. The third-order valence-electron chi connectivity index (χ3n) is 3.24. The zero-order valence-corrected chi connectivity index (χ0v) is 14.0. The Labute approximate surface area is 139 Å². The van der Waals surface area contributed by atoms with Crippen LogP contribution in [0.25, 0.3) is 0 Å². The molecule has 0 saturated heterocycles. The predicted octanol–water partition coefficient (Wildman–Crippen LogP) is 1.75. The number of aryl methyl sites for hydroxylation is 1. The van der Waals surface area contributed by atoms with Crippen molar-refractivity contribution in [3.63, 3.8) is 0 Å². The van der Waals surface area contributed by atoms with Crippen LogP contribution in [-0.4, -0.2) is 37.3 Å². The molecular formula is C15H18FN3O4S. The van der Waals surface area contributed by atoms with Crippen LogP contribution in [0.1, 0.15) is 35.5 Å². The van der Waals surface area contributed by atoms with Crippen LogP contribution in [0.4, 0.5) is 4.39 Å². The number of carbonyl (C=O) groups is 1. The van der Waals surface area contributed by atoms with Gasteiger partial charge < -0.3 is 9.73 Å². The smallest absolute Gasteiger partial charge is 0.335 e. The molecule has 2 aromatic rings. The number of hydrogen-bond acceptors (Lipinski definition) is 6. The summed E-state index contributed by atoms with van der Waals surface area (Å²) in [5.74, 6) is -0.721. The van der Waals surface area contributed by atoms with E-state index in [1.54, 1.807) is 6.07 Å². The Balaban J connectivity index is 1.66. The quantitative estimate of drug-likeness (QED) is 0.724. The molecule has 24 heavy (non-hydrogen) atoms. The first-order chi connectivity index (χ1) is 11.4. The van der Waals surface area contributed by atoms with Crippen LogP contribution < -0.4 is 5.32 Å². The van der Waals surface area contributed by atoms with Crippen LogP contribution in [-0.2, 0) is 16.3 Å². The van der Waals surface area contributed by atoms with Crippen molar-refractivity contribution in [3.8, 4) is 0 Å². The summed E-state index contributed by atoms with van der Waals surface area (Å²) in [6.45, 7) is 0.422. The third kappa shape index (κ3) is 5.12. The lowest BCUT2D eigenvalue weighted by atomic mass is 10.1. The number of unbranched alkanes of at least 4 members (excludes halogenated alkanes) is 2. The summed E-state index contributed by atoms with van der Waals surface area (Å²) in [4.78, 5) is 11.8. The highest BCUT2D eigenvalue weighted by Gasteiger charge is 2.16. The Hall–Kier alpha value is -2.29. The van der Waals surface area contributed by atoms with Gasteiger partial charge in [-0.3, -0.25) is 4.79 Å². The van der Waals surface area contributed by atoms with E-state index in [1.807, 2.05) is 0 Å². The summed E-state index contributed by atoms with van der Waals surface area (Å²) in [6, 6.07) is 5.80. The van der Waals surface area contributed by atoms with Gasteiger partial charge in [0.05, 0.1) is 5.56 Å². The molecule has 1 N–H and O–H groups in total. The molecule has 0 radical (unpaired) electrons. The summed E-state index contributed by atoms with van der Waals surface area (Å²) >= 11 is 0. The van der Waals surface area contributed by atoms with Gasteiger partial charge in [0.1, 0.15) is 5.82 Å². The van der Waals surface area contributed by atoms with Gasteiger partial charge in [-0.25, -0.2) is 12.8 Å². The second kappa shape index (κ2) is 8.00. The van der Waals surface area contributed by atoms with Crippen LogP contribution in [0.3, 0.4) is 0 Å². The van der Waals surface area contributed by atoms with Crippen LogP contribution in [0, 0.1) is 5.82 Å². The van der Waals surface area contributed by atoms with E-state index in [9.17, 15) is 17.6 Å². The van der Waals surface area contributed by atoms with Gasteiger partial charge in [0, 0.05) is 19.2 Å². The lowest BCUT2D eigenvalue weighted by molar-refractivity contribution is 0.0949. The van der Waals surface area contributed by atoms with Crippen LogP contribution in [0.5, 0.6) is 0 Å². The SMILES string of the molecule is CS(=O)(=O)c1nnc(CCCCCNC(=O)c2ccccc2F)o1. The van der Waals surface area contributed by atoms with Crippen molar-refractivity contribution < 1.29 is 22.0 Å². The van der Waals surface area contributed by atoms with E-state index in [-0.39, 0.29) is 16.7 Å². The number of carbonyl (C=O) groups excluding carboxylic acids is 1. The number of sulfone groups is 1. The van der Waals surface area contributed by atoms with Crippen molar-refractivity contribution in [2.24, 2.45) is 0 Å². The number of amides is 1. The first kappa shape index (κ1) is 18.1. The molecule has 2 rings (SSSR count). The summed E-state index contributed by atoms with van der Waals surface area (Å²) in [5.41, 5.74) is 0.0247. The molecule has 130 valence electrons. The van der Waals surface area contributed by atoms with Crippen molar-refractivity contribution >= 4 is 15.7 Å². The second-order valence-electron chi connectivity index (χ2n) is 5.28. The topological polar surface area (TPSA) is 102 Å². The third-order valence-corrected chi connectivity index (χ3v) is 4.04. The molecule has 1 aromatic carbocycles. The van der Waals surface area contributed by atoms with Crippen molar-refractivity contribution in [1.29, 1.82) is 0 Å². The standard InChI is InChI=1S/C15H18FN3O4S/c1-24(21,22)15-19-18-13(23-15)9-3-2-6-10-17-14(20)11-7-4-5-8-12(11)16/h4-5,7-8H,2-3,6,9-10H2,1H3,(H,17,20). The Bertz CT molecular complexity index is 805. The summed E-state index contributed by atoms with van der Waals surface area (Å²) < 4.78 is 40.9. The zero-order chi connectivity index (χ0) is 17.6. The minimum Gasteiger partial charge on any atom is -0.413 e. The average molecular weight is 355 g/mol. The van der Waals surface area contributed by atoms with Crippen LogP contribution in [0.2, 0.25) is 0 Å². The van der Waals surface area contributed by atoms with E-state index in [1.165, 1.54) is 18.2 Å².